The molecule has 276 valence electrons. The van der Waals surface area contributed by atoms with E-state index in [2.05, 4.69) is 211 Å². The maximum Gasteiger partial charge on any atom is 0.143 e. The summed E-state index contributed by atoms with van der Waals surface area (Å²) in [5.74, 6) is 0. The average Bonchev–Trinajstić information content (AvgIpc) is 3.88. The van der Waals surface area contributed by atoms with Gasteiger partial charge in [0.15, 0.2) is 0 Å². The van der Waals surface area contributed by atoms with Gasteiger partial charge in [0.1, 0.15) is 11.2 Å². The Morgan fingerprint density at radius 3 is 1.81 bits per heavy atom. The Morgan fingerprint density at radius 2 is 0.949 bits per heavy atom. The Morgan fingerprint density at radius 1 is 0.322 bits per heavy atom. The van der Waals surface area contributed by atoms with E-state index in [0.717, 1.165) is 61.3 Å². The predicted molar refractivity (Wildman–Crippen MR) is 253 cm³/mol. The third kappa shape index (κ3) is 5.55. The molecule has 12 aromatic rings. The van der Waals surface area contributed by atoms with Crippen LogP contribution in [-0.2, 0) is 0 Å². The highest BCUT2D eigenvalue weighted by Crippen LogP contribution is 2.46. The van der Waals surface area contributed by atoms with Gasteiger partial charge in [-0.3, -0.25) is 0 Å². The van der Waals surface area contributed by atoms with Crippen LogP contribution < -0.4 is 4.90 Å². The fourth-order valence-corrected chi connectivity index (χ4v) is 10.2. The van der Waals surface area contributed by atoms with Gasteiger partial charge >= 0.3 is 0 Å². The lowest BCUT2D eigenvalue weighted by Crippen LogP contribution is -2.10. The van der Waals surface area contributed by atoms with Gasteiger partial charge in [0, 0.05) is 53.6 Å². The summed E-state index contributed by atoms with van der Waals surface area (Å²) in [6.45, 7) is 0. The summed E-state index contributed by atoms with van der Waals surface area (Å²) in [5.41, 5.74) is 12.0. The number of hydrogen-bond donors (Lipinski definition) is 0. The van der Waals surface area contributed by atoms with Crippen molar-refractivity contribution in [1.29, 1.82) is 0 Å². The SMILES string of the molecule is c1ccc(-c2ccc(N(c3ccc(-c4cc5ccccc5c5ccccc45)cc3)c3ccc4sc5ccccc5c4c3)cc2-c2cccc3c2oc2ccccc23)cc1. The van der Waals surface area contributed by atoms with E-state index in [1.54, 1.807) is 0 Å². The Kier molecular flexibility index (Phi) is 7.75. The second-order valence-electron chi connectivity index (χ2n) is 15.2. The highest BCUT2D eigenvalue weighted by molar-refractivity contribution is 7.25. The summed E-state index contributed by atoms with van der Waals surface area (Å²) < 4.78 is 9.26. The van der Waals surface area contributed by atoms with Crippen molar-refractivity contribution in [2.75, 3.05) is 4.90 Å². The Hall–Kier alpha value is -7.46. The lowest BCUT2D eigenvalue weighted by atomic mass is 9.92. The van der Waals surface area contributed by atoms with E-state index < -0.39 is 0 Å². The van der Waals surface area contributed by atoms with Gasteiger partial charge < -0.3 is 9.32 Å². The fraction of sp³-hybridized carbons (Fsp3) is 0. The number of rotatable bonds is 6. The maximum atomic E-state index is 6.68. The number of fused-ring (bicyclic) bond motifs is 9. The van der Waals surface area contributed by atoms with Crippen LogP contribution in [0.25, 0.3) is 97.0 Å². The van der Waals surface area contributed by atoms with Gasteiger partial charge in [0.05, 0.1) is 0 Å². The molecule has 0 bridgehead atoms. The third-order valence-corrected chi connectivity index (χ3v) is 13.0. The minimum atomic E-state index is 0.893. The quantitative estimate of drug-likeness (QED) is 0.157. The van der Waals surface area contributed by atoms with Crippen LogP contribution in [0.2, 0.25) is 0 Å². The Labute approximate surface area is 345 Å². The number of benzene rings is 10. The lowest BCUT2D eigenvalue weighted by Gasteiger charge is -2.27. The minimum Gasteiger partial charge on any atom is -0.455 e. The molecule has 0 spiro atoms. The molecule has 10 aromatic carbocycles. The zero-order valence-electron chi connectivity index (χ0n) is 32.0. The molecule has 0 atom stereocenters. The molecule has 0 amide bonds. The normalized spacial score (nSPS) is 11.7. The van der Waals surface area contributed by atoms with E-state index >= 15 is 0 Å². The van der Waals surface area contributed by atoms with Crippen LogP contribution in [-0.4, -0.2) is 0 Å². The van der Waals surface area contributed by atoms with Crippen LogP contribution in [0.3, 0.4) is 0 Å². The van der Waals surface area contributed by atoms with Crippen molar-refractivity contribution < 1.29 is 4.42 Å². The van der Waals surface area contributed by atoms with E-state index in [4.69, 9.17) is 4.42 Å². The number of thiophene rings is 1. The van der Waals surface area contributed by atoms with Crippen molar-refractivity contribution in [3.8, 4) is 33.4 Å². The van der Waals surface area contributed by atoms with Gasteiger partial charge in [-0.25, -0.2) is 0 Å². The van der Waals surface area contributed by atoms with Crippen LogP contribution >= 0.6 is 11.3 Å². The first kappa shape index (κ1) is 33.7. The molecule has 0 saturated carbocycles. The minimum absolute atomic E-state index is 0.893. The lowest BCUT2D eigenvalue weighted by molar-refractivity contribution is 0.670. The smallest absolute Gasteiger partial charge is 0.143 e. The molecule has 0 radical (unpaired) electrons. The van der Waals surface area contributed by atoms with E-state index in [1.807, 2.05) is 17.4 Å². The van der Waals surface area contributed by atoms with E-state index in [-0.39, 0.29) is 0 Å². The first-order valence-electron chi connectivity index (χ1n) is 20.1. The van der Waals surface area contributed by atoms with Crippen LogP contribution in [0.15, 0.2) is 217 Å². The Bertz CT molecular complexity index is 3560. The monoisotopic (exact) mass is 769 g/mol. The molecule has 0 unspecified atom stereocenters. The third-order valence-electron chi connectivity index (χ3n) is 11.9. The van der Waals surface area contributed by atoms with Crippen molar-refractivity contribution in [3.63, 3.8) is 0 Å². The van der Waals surface area contributed by atoms with Gasteiger partial charge in [0.2, 0.25) is 0 Å². The number of hydrogen-bond acceptors (Lipinski definition) is 3. The molecule has 3 heteroatoms. The molecule has 2 nitrogen and oxygen atoms in total. The summed E-state index contributed by atoms with van der Waals surface area (Å²) in [6.07, 6.45) is 0. The topological polar surface area (TPSA) is 16.4 Å². The molecule has 12 rings (SSSR count). The number of furan rings is 1. The van der Waals surface area contributed by atoms with Crippen LogP contribution in [0.1, 0.15) is 0 Å². The molecule has 0 N–H and O–H groups in total. The van der Waals surface area contributed by atoms with Crippen molar-refractivity contribution in [1.82, 2.24) is 0 Å². The molecule has 0 aliphatic carbocycles. The van der Waals surface area contributed by atoms with Gasteiger partial charge in [-0.2, -0.15) is 0 Å². The van der Waals surface area contributed by atoms with Crippen molar-refractivity contribution in [2.45, 2.75) is 0 Å². The largest absolute Gasteiger partial charge is 0.455 e. The number of anilines is 3. The van der Waals surface area contributed by atoms with Crippen molar-refractivity contribution in [2.24, 2.45) is 0 Å². The van der Waals surface area contributed by atoms with Gasteiger partial charge in [0.25, 0.3) is 0 Å². The highest BCUT2D eigenvalue weighted by atomic mass is 32.1. The Balaban J connectivity index is 1.08. The van der Waals surface area contributed by atoms with Gasteiger partial charge in [-0.1, -0.05) is 152 Å². The second kappa shape index (κ2) is 13.6. The maximum absolute atomic E-state index is 6.68. The van der Waals surface area contributed by atoms with Gasteiger partial charge in [-0.15, -0.1) is 11.3 Å². The van der Waals surface area contributed by atoms with E-state index in [0.29, 0.717) is 0 Å². The van der Waals surface area contributed by atoms with Gasteiger partial charge in [-0.05, 0) is 110 Å². The number of para-hydroxylation sites is 2. The predicted octanol–water partition coefficient (Wildman–Crippen LogP) is 16.7. The molecular formula is C56H35NOS. The summed E-state index contributed by atoms with van der Waals surface area (Å²) in [6, 6.07) is 77.0. The number of nitrogens with zero attached hydrogens (tertiary/aromatic N) is 1. The molecule has 0 fully saturated rings. The molecule has 2 heterocycles. The summed E-state index contributed by atoms with van der Waals surface area (Å²) in [5, 5.41) is 9.84. The summed E-state index contributed by atoms with van der Waals surface area (Å²) in [7, 11) is 0. The first-order chi connectivity index (χ1) is 29.2. The zero-order valence-corrected chi connectivity index (χ0v) is 32.8. The van der Waals surface area contributed by atoms with Crippen LogP contribution in [0, 0.1) is 0 Å². The fourth-order valence-electron chi connectivity index (χ4n) is 9.11. The first-order valence-corrected chi connectivity index (χ1v) is 20.9. The average molecular weight is 770 g/mol. The van der Waals surface area contributed by atoms with Crippen LogP contribution in [0.4, 0.5) is 17.1 Å². The molecule has 0 saturated heterocycles. The zero-order chi connectivity index (χ0) is 38.9. The molecule has 59 heavy (non-hydrogen) atoms. The van der Waals surface area contributed by atoms with Crippen molar-refractivity contribution >= 4 is 92.1 Å². The standard InChI is InChI=1S/C56H35NOS/c1-2-13-36(14-3-1)43-31-29-40(34-51(43)49-22-12-21-48-46-19-8-10-23-53(46)58-56(48)49)57(41-30-32-55-52(35-41)47-20-9-11-24-54(47)59-55)39-27-25-37(26-28-39)50-33-38-15-4-5-16-42(38)44-17-6-7-18-45(44)50/h1-35H. The summed E-state index contributed by atoms with van der Waals surface area (Å²) in [4.78, 5) is 2.41. The van der Waals surface area contributed by atoms with Crippen molar-refractivity contribution in [3.05, 3.63) is 212 Å². The van der Waals surface area contributed by atoms with E-state index in [1.165, 1.54) is 52.8 Å². The molecule has 0 aliphatic rings. The molecule has 2 aromatic heterocycles. The highest BCUT2D eigenvalue weighted by Gasteiger charge is 2.21. The van der Waals surface area contributed by atoms with Crippen LogP contribution in [0.5, 0.6) is 0 Å². The summed E-state index contributed by atoms with van der Waals surface area (Å²) >= 11 is 1.85. The molecule has 0 aliphatic heterocycles. The van der Waals surface area contributed by atoms with E-state index in [9.17, 15) is 0 Å². The molecular weight excluding hydrogens is 735 g/mol. The second-order valence-corrected chi connectivity index (χ2v) is 16.3.